The van der Waals surface area contributed by atoms with E-state index in [1.54, 1.807) is 12.4 Å². The van der Waals surface area contributed by atoms with Gasteiger partial charge in [-0.3, -0.25) is 4.40 Å². The Labute approximate surface area is 121 Å². The lowest BCUT2D eigenvalue weighted by molar-refractivity contribution is 0.724. The van der Waals surface area contributed by atoms with E-state index in [1.807, 2.05) is 23.3 Å². The molecule has 1 N–H and O–H groups in total. The third kappa shape index (κ3) is 2.13. The minimum absolute atomic E-state index is 0.481. The normalized spacial score (nSPS) is 10.9. The summed E-state index contributed by atoms with van der Waals surface area (Å²) in [6, 6.07) is 3.82. The highest BCUT2D eigenvalue weighted by molar-refractivity contribution is 5.80. The highest BCUT2D eigenvalue weighted by Crippen LogP contribution is 2.22. The van der Waals surface area contributed by atoms with Gasteiger partial charge in [-0.25, -0.2) is 9.97 Å². The fraction of sp³-hybridized carbons (Fsp3) is 0.308. The van der Waals surface area contributed by atoms with Gasteiger partial charge >= 0.3 is 0 Å². The van der Waals surface area contributed by atoms with E-state index in [1.165, 1.54) is 6.20 Å². The fourth-order valence-corrected chi connectivity index (χ4v) is 2.22. The highest BCUT2D eigenvalue weighted by atomic mass is 15.3. The quantitative estimate of drug-likeness (QED) is 0.698. The van der Waals surface area contributed by atoms with Crippen molar-refractivity contribution in [2.75, 3.05) is 25.2 Å². The zero-order valence-electron chi connectivity index (χ0n) is 11.8. The van der Waals surface area contributed by atoms with Gasteiger partial charge < -0.3 is 10.2 Å². The van der Waals surface area contributed by atoms with Crippen molar-refractivity contribution in [3.63, 3.8) is 0 Å². The van der Waals surface area contributed by atoms with Gasteiger partial charge in [0.1, 0.15) is 12.4 Å². The lowest BCUT2D eigenvalue weighted by Gasteiger charge is -2.21. The topological polar surface area (TPSA) is 95.0 Å². The van der Waals surface area contributed by atoms with Crippen LogP contribution in [0.2, 0.25) is 0 Å². The molecule has 0 spiro atoms. The molecule has 0 aliphatic rings. The monoisotopic (exact) mass is 282 g/mol. The highest BCUT2D eigenvalue weighted by Gasteiger charge is 2.16. The lowest BCUT2D eigenvalue weighted by atomic mass is 10.3. The Balaban J connectivity index is 2.30. The molecule has 0 saturated heterocycles. The van der Waals surface area contributed by atoms with Crippen molar-refractivity contribution in [2.45, 2.75) is 6.92 Å². The van der Waals surface area contributed by atoms with E-state index in [0.717, 1.165) is 12.1 Å². The summed E-state index contributed by atoms with van der Waals surface area (Å²) in [5.41, 5.74) is 2.41. The van der Waals surface area contributed by atoms with Crippen molar-refractivity contribution in [1.29, 1.82) is 5.26 Å². The molecule has 0 aliphatic carbocycles. The van der Waals surface area contributed by atoms with Gasteiger partial charge in [-0.15, -0.1) is 10.2 Å². The Morgan fingerprint density at radius 1 is 1.48 bits per heavy atom. The van der Waals surface area contributed by atoms with Crippen molar-refractivity contribution in [1.82, 2.24) is 29.9 Å². The molecule has 0 aliphatic heterocycles. The van der Waals surface area contributed by atoms with E-state index in [0.29, 0.717) is 29.3 Å². The number of pyridine rings is 1. The standard InChI is InChI=1S/C13H14N8/c1-3-20(7-15-2)12-13-19-17-8-21(13)10-4-9(5-14)6-16-11(10)18-12/h4,6,8,15H,3,7H2,1-2H3. The SMILES string of the molecule is CCN(CNC)c1nc2ncc(C#N)cc2n2cnnc12. The van der Waals surface area contributed by atoms with E-state index < -0.39 is 0 Å². The lowest BCUT2D eigenvalue weighted by Crippen LogP contribution is -2.33. The van der Waals surface area contributed by atoms with Crippen LogP contribution in [0.5, 0.6) is 0 Å². The minimum Gasteiger partial charge on any atom is -0.341 e. The van der Waals surface area contributed by atoms with Crippen LogP contribution in [0.25, 0.3) is 16.8 Å². The summed E-state index contributed by atoms with van der Waals surface area (Å²) >= 11 is 0. The zero-order chi connectivity index (χ0) is 14.8. The Morgan fingerprint density at radius 2 is 2.33 bits per heavy atom. The number of nitrogens with zero attached hydrogens (tertiary/aromatic N) is 7. The summed E-state index contributed by atoms with van der Waals surface area (Å²) in [6.45, 7) is 3.47. The molecular formula is C13H14N8. The van der Waals surface area contributed by atoms with Gasteiger partial charge in [-0.1, -0.05) is 0 Å². The molecule has 8 nitrogen and oxygen atoms in total. The number of anilines is 1. The summed E-state index contributed by atoms with van der Waals surface area (Å²) < 4.78 is 1.81. The first kappa shape index (κ1) is 13.2. The van der Waals surface area contributed by atoms with Gasteiger partial charge in [-0.2, -0.15) is 5.26 Å². The molecule has 0 aromatic carbocycles. The van der Waals surface area contributed by atoms with Crippen LogP contribution in [0, 0.1) is 11.3 Å². The van der Waals surface area contributed by atoms with E-state index in [2.05, 4.69) is 31.6 Å². The van der Waals surface area contributed by atoms with Crippen LogP contribution in [0.3, 0.4) is 0 Å². The summed E-state index contributed by atoms with van der Waals surface area (Å²) in [4.78, 5) is 10.9. The molecule has 3 aromatic heterocycles. The van der Waals surface area contributed by atoms with Crippen LogP contribution in [-0.2, 0) is 0 Å². The average molecular weight is 282 g/mol. The maximum Gasteiger partial charge on any atom is 0.204 e. The molecule has 0 bridgehead atoms. The molecule has 21 heavy (non-hydrogen) atoms. The molecular weight excluding hydrogens is 268 g/mol. The molecule has 0 saturated carbocycles. The number of nitriles is 1. The molecule has 0 atom stereocenters. The predicted molar refractivity (Wildman–Crippen MR) is 77.7 cm³/mol. The van der Waals surface area contributed by atoms with Gasteiger partial charge in [0.25, 0.3) is 0 Å². The van der Waals surface area contributed by atoms with Crippen LogP contribution in [0.4, 0.5) is 5.82 Å². The van der Waals surface area contributed by atoms with Crippen LogP contribution in [0.1, 0.15) is 12.5 Å². The third-order valence-corrected chi connectivity index (χ3v) is 3.23. The van der Waals surface area contributed by atoms with Gasteiger partial charge in [0.2, 0.25) is 5.65 Å². The van der Waals surface area contributed by atoms with Crippen molar-refractivity contribution in [2.24, 2.45) is 0 Å². The molecule has 0 amide bonds. The largest absolute Gasteiger partial charge is 0.341 e. The van der Waals surface area contributed by atoms with Gasteiger partial charge in [0.15, 0.2) is 11.5 Å². The molecule has 106 valence electrons. The second-order valence-corrected chi connectivity index (χ2v) is 4.51. The first-order chi connectivity index (χ1) is 10.3. The summed E-state index contributed by atoms with van der Waals surface area (Å²) in [5.74, 6) is 0.717. The number of nitrogens with one attached hydrogen (secondary N) is 1. The fourth-order valence-electron chi connectivity index (χ4n) is 2.22. The number of fused-ring (bicyclic) bond motifs is 3. The van der Waals surface area contributed by atoms with E-state index >= 15 is 0 Å². The molecule has 3 heterocycles. The van der Waals surface area contributed by atoms with Crippen molar-refractivity contribution < 1.29 is 0 Å². The van der Waals surface area contributed by atoms with Gasteiger partial charge in [0.05, 0.1) is 17.7 Å². The third-order valence-electron chi connectivity index (χ3n) is 3.23. The Morgan fingerprint density at radius 3 is 3.05 bits per heavy atom. The van der Waals surface area contributed by atoms with E-state index in [-0.39, 0.29) is 0 Å². The maximum atomic E-state index is 9.00. The molecule has 8 heteroatoms. The first-order valence-corrected chi connectivity index (χ1v) is 6.57. The number of hydrogen-bond acceptors (Lipinski definition) is 7. The van der Waals surface area contributed by atoms with Crippen LogP contribution in [-0.4, -0.2) is 44.8 Å². The smallest absolute Gasteiger partial charge is 0.204 e. The summed E-state index contributed by atoms with van der Waals surface area (Å²) in [5, 5.41) is 20.2. The second kappa shape index (κ2) is 5.30. The average Bonchev–Trinajstić information content (AvgIpc) is 3.01. The maximum absolute atomic E-state index is 9.00. The number of aromatic nitrogens is 5. The van der Waals surface area contributed by atoms with E-state index in [4.69, 9.17) is 5.26 Å². The Hall–Kier alpha value is -2.79. The van der Waals surface area contributed by atoms with Crippen molar-refractivity contribution >= 4 is 22.6 Å². The molecule has 0 fully saturated rings. The number of rotatable bonds is 4. The first-order valence-electron chi connectivity index (χ1n) is 6.57. The second-order valence-electron chi connectivity index (χ2n) is 4.51. The van der Waals surface area contributed by atoms with Gasteiger partial charge in [0, 0.05) is 12.7 Å². The molecule has 3 aromatic rings. The number of hydrogen-bond donors (Lipinski definition) is 1. The summed E-state index contributed by atoms with van der Waals surface area (Å²) in [7, 11) is 1.88. The molecule has 0 unspecified atom stereocenters. The van der Waals surface area contributed by atoms with Gasteiger partial charge in [-0.05, 0) is 20.0 Å². The van der Waals surface area contributed by atoms with E-state index in [9.17, 15) is 0 Å². The zero-order valence-corrected chi connectivity index (χ0v) is 11.8. The van der Waals surface area contributed by atoms with Crippen LogP contribution in [0.15, 0.2) is 18.6 Å². The Bertz CT molecular complexity index is 831. The molecule has 3 rings (SSSR count). The molecule has 0 radical (unpaired) electrons. The predicted octanol–water partition coefficient (Wildman–Crippen LogP) is 0.547. The van der Waals surface area contributed by atoms with Crippen LogP contribution >= 0.6 is 0 Å². The summed E-state index contributed by atoms with van der Waals surface area (Å²) in [6.07, 6.45) is 3.13. The Kier molecular flexibility index (Phi) is 3.33. The van der Waals surface area contributed by atoms with Crippen molar-refractivity contribution in [3.8, 4) is 6.07 Å². The van der Waals surface area contributed by atoms with Crippen molar-refractivity contribution in [3.05, 3.63) is 24.2 Å². The minimum atomic E-state index is 0.481. The van der Waals surface area contributed by atoms with Crippen LogP contribution < -0.4 is 10.2 Å².